The average Bonchev–Trinajstić information content (AvgIpc) is 2.61. The lowest BCUT2D eigenvalue weighted by Crippen LogP contribution is -2.41. The van der Waals surface area contributed by atoms with E-state index in [0.29, 0.717) is 5.92 Å². The Morgan fingerprint density at radius 3 is 2.30 bits per heavy atom. The number of nitrogens with zero attached hydrogens (tertiary/aromatic N) is 2. The van der Waals surface area contributed by atoms with Crippen LogP contribution in [0, 0.1) is 5.92 Å². The fraction of sp³-hybridized carbons (Fsp3) is 0.696. The number of ether oxygens (including phenoxy) is 1. The van der Waals surface area contributed by atoms with Gasteiger partial charge in [-0.1, -0.05) is 37.6 Å². The molecule has 0 bridgehead atoms. The Balaban J connectivity index is 1.72. The van der Waals surface area contributed by atoms with Crippen LogP contribution in [0.2, 0.25) is 0 Å². The number of hydrogen-bond donors (Lipinski definition) is 0. The number of rotatable bonds is 7. The van der Waals surface area contributed by atoms with Gasteiger partial charge < -0.3 is 9.64 Å². The van der Waals surface area contributed by atoms with Crippen LogP contribution in [0.3, 0.4) is 0 Å². The molecule has 0 unspecified atom stereocenters. The van der Waals surface area contributed by atoms with Gasteiger partial charge >= 0.3 is 6.09 Å². The number of amides is 1. The Morgan fingerprint density at radius 2 is 1.74 bits per heavy atom. The fourth-order valence-electron chi connectivity index (χ4n) is 3.58. The van der Waals surface area contributed by atoms with E-state index >= 15 is 0 Å². The third-order valence-electron chi connectivity index (χ3n) is 5.19. The number of aryl methyl sites for hydroxylation is 1. The number of carbonyl (C=O) groups is 1. The quantitative estimate of drug-likeness (QED) is 0.665. The molecule has 27 heavy (non-hydrogen) atoms. The molecule has 1 aromatic carbocycles. The van der Waals surface area contributed by atoms with Crippen LogP contribution in [0.1, 0.15) is 64.5 Å². The second kappa shape index (κ2) is 10.1. The van der Waals surface area contributed by atoms with E-state index in [0.717, 1.165) is 39.0 Å². The van der Waals surface area contributed by atoms with Crippen molar-refractivity contribution in [2.45, 2.75) is 71.9 Å². The standard InChI is InChI=1S/C23H38N2O2/c1-6-7-8-19-9-11-20(12-10-19)18-25-15-13-21(14-16-25)17-24(5)22(26)27-23(2,3)4/h9-12,21H,6-8,13-18H2,1-5H3. The van der Waals surface area contributed by atoms with E-state index in [-0.39, 0.29) is 6.09 Å². The van der Waals surface area contributed by atoms with Gasteiger partial charge in [-0.25, -0.2) is 4.79 Å². The lowest BCUT2D eigenvalue weighted by atomic mass is 9.96. The lowest BCUT2D eigenvalue weighted by molar-refractivity contribution is 0.0249. The van der Waals surface area contributed by atoms with Gasteiger partial charge in [-0.2, -0.15) is 0 Å². The van der Waals surface area contributed by atoms with E-state index < -0.39 is 5.60 Å². The van der Waals surface area contributed by atoms with Crippen molar-refractivity contribution >= 4 is 6.09 Å². The monoisotopic (exact) mass is 374 g/mol. The molecule has 0 N–H and O–H groups in total. The van der Waals surface area contributed by atoms with Crippen LogP contribution in [0.25, 0.3) is 0 Å². The van der Waals surface area contributed by atoms with Crippen molar-refractivity contribution in [2.24, 2.45) is 5.92 Å². The summed E-state index contributed by atoms with van der Waals surface area (Å²) in [6.45, 7) is 12.0. The minimum absolute atomic E-state index is 0.215. The zero-order chi connectivity index (χ0) is 19.9. The largest absolute Gasteiger partial charge is 0.444 e. The first-order valence-corrected chi connectivity index (χ1v) is 10.5. The van der Waals surface area contributed by atoms with Crippen molar-refractivity contribution in [2.75, 3.05) is 26.7 Å². The molecule has 1 aliphatic heterocycles. The summed E-state index contributed by atoms with van der Waals surface area (Å²) in [5.41, 5.74) is 2.42. The first-order valence-electron chi connectivity index (χ1n) is 10.5. The lowest BCUT2D eigenvalue weighted by Gasteiger charge is -2.34. The second-order valence-corrected chi connectivity index (χ2v) is 9.00. The SMILES string of the molecule is CCCCc1ccc(CN2CCC(CN(C)C(=O)OC(C)(C)C)CC2)cc1. The van der Waals surface area contributed by atoms with Crippen LogP contribution in [0.15, 0.2) is 24.3 Å². The van der Waals surface area contributed by atoms with E-state index in [1.165, 1.54) is 30.4 Å². The highest BCUT2D eigenvalue weighted by Crippen LogP contribution is 2.21. The smallest absolute Gasteiger partial charge is 0.410 e. The molecule has 0 spiro atoms. The summed E-state index contributed by atoms with van der Waals surface area (Å²) >= 11 is 0. The molecule has 0 saturated carbocycles. The van der Waals surface area contributed by atoms with Crippen molar-refractivity contribution in [1.29, 1.82) is 0 Å². The number of hydrogen-bond acceptors (Lipinski definition) is 3. The molecule has 1 fully saturated rings. The highest BCUT2D eigenvalue weighted by atomic mass is 16.6. The van der Waals surface area contributed by atoms with Crippen molar-refractivity contribution in [3.8, 4) is 0 Å². The van der Waals surface area contributed by atoms with Gasteiger partial charge in [0.2, 0.25) is 0 Å². The third kappa shape index (κ3) is 7.92. The summed E-state index contributed by atoms with van der Waals surface area (Å²) in [7, 11) is 1.85. The van der Waals surface area contributed by atoms with E-state index in [9.17, 15) is 4.79 Å². The van der Waals surface area contributed by atoms with Gasteiger partial charge in [0.25, 0.3) is 0 Å². The minimum Gasteiger partial charge on any atom is -0.444 e. The van der Waals surface area contributed by atoms with Crippen LogP contribution in [0.4, 0.5) is 4.79 Å². The number of carbonyl (C=O) groups excluding carboxylic acids is 1. The summed E-state index contributed by atoms with van der Waals surface area (Å²) in [4.78, 5) is 16.4. The number of unbranched alkanes of at least 4 members (excludes halogenated alkanes) is 1. The third-order valence-corrected chi connectivity index (χ3v) is 5.19. The van der Waals surface area contributed by atoms with Crippen LogP contribution in [-0.2, 0) is 17.7 Å². The molecule has 4 nitrogen and oxygen atoms in total. The van der Waals surface area contributed by atoms with E-state index in [4.69, 9.17) is 4.74 Å². The molecule has 1 aromatic rings. The van der Waals surface area contributed by atoms with Crippen molar-refractivity contribution in [3.63, 3.8) is 0 Å². The molecule has 4 heteroatoms. The maximum Gasteiger partial charge on any atom is 0.410 e. The molecule has 0 radical (unpaired) electrons. The molecule has 152 valence electrons. The molecular formula is C23H38N2O2. The summed E-state index contributed by atoms with van der Waals surface area (Å²) in [6, 6.07) is 9.14. The predicted molar refractivity (Wildman–Crippen MR) is 112 cm³/mol. The minimum atomic E-state index is -0.430. The summed E-state index contributed by atoms with van der Waals surface area (Å²) < 4.78 is 5.45. The summed E-state index contributed by atoms with van der Waals surface area (Å²) in [5.74, 6) is 0.565. The zero-order valence-electron chi connectivity index (χ0n) is 18.0. The van der Waals surface area contributed by atoms with Gasteiger partial charge in [-0.15, -0.1) is 0 Å². The van der Waals surface area contributed by atoms with Crippen LogP contribution in [-0.4, -0.2) is 48.2 Å². The van der Waals surface area contributed by atoms with Crippen molar-refractivity contribution in [1.82, 2.24) is 9.80 Å². The summed E-state index contributed by atoms with van der Waals surface area (Å²) in [6.07, 6.45) is 5.77. The average molecular weight is 375 g/mol. The van der Waals surface area contributed by atoms with Crippen LogP contribution in [0.5, 0.6) is 0 Å². The predicted octanol–water partition coefficient (Wildman–Crippen LogP) is 5.11. The van der Waals surface area contributed by atoms with Gasteiger partial charge in [0.05, 0.1) is 0 Å². The van der Waals surface area contributed by atoms with Crippen LogP contribution < -0.4 is 0 Å². The molecular weight excluding hydrogens is 336 g/mol. The van der Waals surface area contributed by atoms with Gasteiger partial charge in [-0.05, 0) is 76.6 Å². The van der Waals surface area contributed by atoms with Gasteiger partial charge in [0, 0.05) is 20.1 Å². The van der Waals surface area contributed by atoms with Gasteiger partial charge in [0.15, 0.2) is 0 Å². The zero-order valence-corrected chi connectivity index (χ0v) is 18.0. The van der Waals surface area contributed by atoms with Crippen molar-refractivity contribution in [3.05, 3.63) is 35.4 Å². The van der Waals surface area contributed by atoms with Gasteiger partial charge in [0.1, 0.15) is 5.60 Å². The first kappa shape index (κ1) is 21.7. The molecule has 1 amide bonds. The number of benzene rings is 1. The topological polar surface area (TPSA) is 32.8 Å². The summed E-state index contributed by atoms with van der Waals surface area (Å²) in [5, 5.41) is 0. The second-order valence-electron chi connectivity index (χ2n) is 9.00. The molecule has 0 aromatic heterocycles. The van der Waals surface area contributed by atoms with E-state index in [2.05, 4.69) is 36.1 Å². The highest BCUT2D eigenvalue weighted by molar-refractivity contribution is 5.67. The maximum atomic E-state index is 12.1. The Labute approximate surface area is 165 Å². The fourth-order valence-corrected chi connectivity index (χ4v) is 3.58. The normalized spacial score (nSPS) is 16.3. The molecule has 0 aliphatic carbocycles. The molecule has 2 rings (SSSR count). The molecule has 1 aliphatic rings. The maximum absolute atomic E-state index is 12.1. The number of piperidine rings is 1. The number of likely N-dealkylation sites (tertiary alicyclic amines) is 1. The molecule has 0 atom stereocenters. The van der Waals surface area contributed by atoms with Crippen molar-refractivity contribution < 1.29 is 9.53 Å². The van der Waals surface area contributed by atoms with E-state index in [1.807, 2.05) is 27.8 Å². The Bertz CT molecular complexity index is 569. The van der Waals surface area contributed by atoms with Gasteiger partial charge in [-0.3, -0.25) is 4.90 Å². The van der Waals surface area contributed by atoms with Crippen LogP contribution >= 0.6 is 0 Å². The highest BCUT2D eigenvalue weighted by Gasteiger charge is 2.24. The molecule has 1 heterocycles. The first-order chi connectivity index (χ1) is 12.8. The Morgan fingerprint density at radius 1 is 1.15 bits per heavy atom. The van der Waals surface area contributed by atoms with E-state index in [1.54, 1.807) is 4.90 Å². The Kier molecular flexibility index (Phi) is 8.15. The molecule has 1 saturated heterocycles. The Hall–Kier alpha value is -1.55.